The number of hydrogen-bond acceptors (Lipinski definition) is 4. The van der Waals surface area contributed by atoms with Gasteiger partial charge in [0.15, 0.2) is 0 Å². The molecule has 0 unspecified atom stereocenters. The Morgan fingerprint density at radius 2 is 1.67 bits per heavy atom. The summed E-state index contributed by atoms with van der Waals surface area (Å²) in [6.45, 7) is 0.790. The Bertz CT molecular complexity index is 1230. The first-order valence-corrected chi connectivity index (χ1v) is 10.0. The number of pyridine rings is 1. The predicted octanol–water partition coefficient (Wildman–Crippen LogP) is 3.73. The maximum Gasteiger partial charge on any atom is 0.258 e. The van der Waals surface area contributed by atoms with Crippen molar-refractivity contribution in [2.75, 3.05) is 18.4 Å². The lowest BCUT2D eigenvalue weighted by atomic mass is 9.99. The Morgan fingerprint density at radius 3 is 2.33 bits per heavy atom. The highest BCUT2D eigenvalue weighted by molar-refractivity contribution is 6.09. The molecule has 1 saturated heterocycles. The van der Waals surface area contributed by atoms with Crippen molar-refractivity contribution < 1.29 is 27.2 Å². The number of likely N-dealkylation sites (tertiary alicyclic amines) is 1. The first-order valence-electron chi connectivity index (χ1n) is 10.0. The molecule has 1 aromatic heterocycles. The molecular weight excluding hydrogens is 440 g/mol. The van der Waals surface area contributed by atoms with E-state index in [1.807, 2.05) is 0 Å². The summed E-state index contributed by atoms with van der Waals surface area (Å²) >= 11 is 0. The van der Waals surface area contributed by atoms with E-state index in [0.29, 0.717) is 19.5 Å². The summed E-state index contributed by atoms with van der Waals surface area (Å²) in [6, 6.07) is 5.57. The van der Waals surface area contributed by atoms with E-state index in [1.165, 1.54) is 23.4 Å². The van der Waals surface area contributed by atoms with Gasteiger partial charge in [0.25, 0.3) is 11.8 Å². The Morgan fingerprint density at radius 1 is 0.970 bits per heavy atom. The van der Waals surface area contributed by atoms with Gasteiger partial charge in [0.2, 0.25) is 0 Å². The number of carbonyl (C=O) groups is 2. The van der Waals surface area contributed by atoms with Gasteiger partial charge in [-0.3, -0.25) is 14.6 Å². The van der Waals surface area contributed by atoms with Crippen molar-refractivity contribution in [1.82, 2.24) is 9.88 Å². The van der Waals surface area contributed by atoms with Crippen LogP contribution in [0.5, 0.6) is 0 Å². The summed E-state index contributed by atoms with van der Waals surface area (Å²) in [5, 5.41) is 2.38. The summed E-state index contributed by atoms with van der Waals surface area (Å²) < 4.78 is 57.8. The van der Waals surface area contributed by atoms with Crippen LogP contribution in [0.25, 0.3) is 11.1 Å². The summed E-state index contributed by atoms with van der Waals surface area (Å²) in [4.78, 5) is 31.1. The van der Waals surface area contributed by atoms with Crippen LogP contribution in [0.1, 0.15) is 27.1 Å². The minimum Gasteiger partial charge on any atom is -0.337 e. The molecule has 10 heteroatoms. The molecule has 0 radical (unpaired) electrons. The van der Waals surface area contributed by atoms with Crippen LogP contribution in [0, 0.1) is 23.3 Å². The average Bonchev–Trinajstić information content (AvgIpc) is 3.22. The SMILES string of the molecule is N[C@@H]1CCN(C(=O)c2ccncc2NC(=O)c2ccc(F)c(-c3c(F)cccc3F)c2F)C1. The van der Waals surface area contributed by atoms with Crippen LogP contribution in [0.4, 0.5) is 23.2 Å². The number of carbonyl (C=O) groups excluding carboxylic acids is 2. The molecule has 4 rings (SSSR count). The van der Waals surface area contributed by atoms with Gasteiger partial charge in [-0.05, 0) is 36.8 Å². The lowest BCUT2D eigenvalue weighted by Gasteiger charge is -2.18. The lowest BCUT2D eigenvalue weighted by molar-refractivity contribution is 0.0791. The van der Waals surface area contributed by atoms with E-state index in [2.05, 4.69) is 10.3 Å². The van der Waals surface area contributed by atoms with Gasteiger partial charge in [0, 0.05) is 25.3 Å². The van der Waals surface area contributed by atoms with Gasteiger partial charge in [0.05, 0.1) is 34.1 Å². The Hall–Kier alpha value is -3.79. The van der Waals surface area contributed by atoms with Crippen molar-refractivity contribution in [3.63, 3.8) is 0 Å². The van der Waals surface area contributed by atoms with E-state index in [4.69, 9.17) is 5.73 Å². The van der Waals surface area contributed by atoms with Crippen molar-refractivity contribution in [2.24, 2.45) is 5.73 Å². The van der Waals surface area contributed by atoms with Gasteiger partial charge < -0.3 is 16.0 Å². The Labute approximate surface area is 186 Å². The second-order valence-electron chi connectivity index (χ2n) is 7.56. The third kappa shape index (κ3) is 4.29. The monoisotopic (exact) mass is 458 g/mol. The molecule has 3 aromatic rings. The third-order valence-electron chi connectivity index (χ3n) is 5.36. The number of nitrogens with two attached hydrogens (primary N) is 1. The molecule has 170 valence electrons. The second kappa shape index (κ2) is 8.99. The third-order valence-corrected chi connectivity index (χ3v) is 5.36. The Balaban J connectivity index is 1.68. The number of amides is 2. The minimum atomic E-state index is -1.45. The zero-order valence-corrected chi connectivity index (χ0v) is 17.1. The first-order chi connectivity index (χ1) is 15.8. The molecule has 6 nitrogen and oxygen atoms in total. The Kier molecular flexibility index (Phi) is 6.10. The van der Waals surface area contributed by atoms with Gasteiger partial charge >= 0.3 is 0 Å². The van der Waals surface area contributed by atoms with Crippen molar-refractivity contribution in [3.05, 3.63) is 83.2 Å². The number of halogens is 4. The van der Waals surface area contributed by atoms with Crippen molar-refractivity contribution in [3.8, 4) is 11.1 Å². The van der Waals surface area contributed by atoms with Crippen LogP contribution in [0.15, 0.2) is 48.8 Å². The summed E-state index contributed by atoms with van der Waals surface area (Å²) in [5.41, 5.74) is 3.35. The van der Waals surface area contributed by atoms with Crippen molar-refractivity contribution in [1.29, 1.82) is 0 Å². The summed E-state index contributed by atoms with van der Waals surface area (Å²) in [6.07, 6.45) is 3.20. The minimum absolute atomic E-state index is 0.00433. The molecule has 0 aliphatic carbocycles. The zero-order valence-electron chi connectivity index (χ0n) is 17.1. The molecular formula is C23H18F4N4O2. The van der Waals surface area contributed by atoms with E-state index in [-0.39, 0.29) is 17.3 Å². The summed E-state index contributed by atoms with van der Waals surface area (Å²) in [7, 11) is 0. The first kappa shape index (κ1) is 22.4. The topological polar surface area (TPSA) is 88.3 Å². The number of rotatable bonds is 4. The van der Waals surface area contributed by atoms with Crippen molar-refractivity contribution >= 4 is 17.5 Å². The molecule has 1 fully saturated rings. The normalized spacial score (nSPS) is 15.5. The zero-order chi connectivity index (χ0) is 23.7. The van der Waals surface area contributed by atoms with E-state index in [0.717, 1.165) is 30.3 Å². The molecule has 33 heavy (non-hydrogen) atoms. The quantitative estimate of drug-likeness (QED) is 0.584. The molecule has 2 amide bonds. The van der Waals surface area contributed by atoms with Crippen LogP contribution in [0.3, 0.4) is 0 Å². The van der Waals surface area contributed by atoms with Gasteiger partial charge in [-0.1, -0.05) is 6.07 Å². The molecule has 2 heterocycles. The molecule has 2 aromatic carbocycles. The number of anilines is 1. The fourth-order valence-corrected chi connectivity index (χ4v) is 3.71. The largest absolute Gasteiger partial charge is 0.337 e. The van der Waals surface area contributed by atoms with E-state index in [9.17, 15) is 22.8 Å². The van der Waals surface area contributed by atoms with Gasteiger partial charge in [-0.15, -0.1) is 0 Å². The number of nitrogens with zero attached hydrogens (tertiary/aromatic N) is 2. The van der Waals surface area contributed by atoms with Crippen LogP contribution in [0.2, 0.25) is 0 Å². The highest BCUT2D eigenvalue weighted by atomic mass is 19.1. The molecule has 0 saturated carbocycles. The summed E-state index contributed by atoms with van der Waals surface area (Å²) in [5.74, 6) is -6.50. The van der Waals surface area contributed by atoms with Crippen molar-refractivity contribution in [2.45, 2.75) is 12.5 Å². The van der Waals surface area contributed by atoms with E-state index >= 15 is 4.39 Å². The lowest BCUT2D eigenvalue weighted by Crippen LogP contribution is -2.32. The van der Waals surface area contributed by atoms with E-state index < -0.39 is 51.8 Å². The number of benzene rings is 2. The van der Waals surface area contributed by atoms with E-state index in [1.54, 1.807) is 0 Å². The molecule has 0 spiro atoms. The predicted molar refractivity (Wildman–Crippen MR) is 112 cm³/mol. The molecule has 1 atom stereocenters. The average molecular weight is 458 g/mol. The molecule has 3 N–H and O–H groups in total. The highest BCUT2D eigenvalue weighted by Gasteiger charge is 2.28. The molecule has 0 bridgehead atoms. The van der Waals surface area contributed by atoms with Crippen LogP contribution in [-0.4, -0.2) is 40.8 Å². The number of hydrogen-bond donors (Lipinski definition) is 2. The smallest absolute Gasteiger partial charge is 0.258 e. The van der Waals surface area contributed by atoms with Gasteiger partial charge in [-0.25, -0.2) is 17.6 Å². The highest BCUT2D eigenvalue weighted by Crippen LogP contribution is 2.32. The maximum absolute atomic E-state index is 15.1. The maximum atomic E-state index is 15.1. The van der Waals surface area contributed by atoms with Gasteiger partial charge in [-0.2, -0.15) is 0 Å². The number of nitrogens with one attached hydrogen (secondary N) is 1. The molecule has 1 aliphatic heterocycles. The molecule has 1 aliphatic rings. The van der Waals surface area contributed by atoms with Gasteiger partial charge in [0.1, 0.15) is 23.3 Å². The standard InChI is InChI=1S/C23H18F4N4O2/c24-15-2-1-3-16(25)19(15)20-17(26)5-4-14(21(20)27)22(32)30-18-10-29-8-6-13(18)23(33)31-9-7-12(28)11-31/h1-6,8,10,12H,7,9,11,28H2,(H,30,32)/t12-/m1/s1. The van der Waals surface area contributed by atoms with Crippen LogP contribution < -0.4 is 11.1 Å². The fraction of sp³-hybridized carbons (Fsp3) is 0.174. The van der Waals surface area contributed by atoms with Crippen LogP contribution in [-0.2, 0) is 0 Å². The number of aromatic nitrogens is 1. The fourth-order valence-electron chi connectivity index (χ4n) is 3.71. The van der Waals surface area contributed by atoms with Crippen LogP contribution >= 0.6 is 0 Å². The second-order valence-corrected chi connectivity index (χ2v) is 7.56.